The minimum Gasteiger partial charge on any atom is -0.356 e. The van der Waals surface area contributed by atoms with Gasteiger partial charge in [0.15, 0.2) is 5.96 Å². The number of aliphatic imine (C=N–C) groups is 1. The number of carbonyl (C=O) groups excluding carboxylic acids is 1. The van der Waals surface area contributed by atoms with Gasteiger partial charge in [-0.15, -0.1) is 24.0 Å². The van der Waals surface area contributed by atoms with Crippen molar-refractivity contribution in [1.29, 1.82) is 0 Å². The molecule has 5 nitrogen and oxygen atoms in total. The number of hydrogen-bond acceptors (Lipinski definition) is 2. The van der Waals surface area contributed by atoms with Gasteiger partial charge >= 0.3 is 0 Å². The van der Waals surface area contributed by atoms with Gasteiger partial charge in [0.2, 0.25) is 5.91 Å². The van der Waals surface area contributed by atoms with Crippen molar-refractivity contribution in [2.75, 3.05) is 26.7 Å². The maximum atomic E-state index is 14.2. The minimum absolute atomic E-state index is 0. The molecule has 0 spiro atoms. The van der Waals surface area contributed by atoms with Crippen LogP contribution in [0.1, 0.15) is 29.5 Å². The molecule has 1 amide bonds. The number of nitrogens with zero attached hydrogens (tertiary/aromatic N) is 2. The Morgan fingerprint density at radius 3 is 2.50 bits per heavy atom. The molecule has 4 rings (SSSR count). The summed E-state index contributed by atoms with van der Waals surface area (Å²) in [5.41, 5.74) is 3.12. The summed E-state index contributed by atoms with van der Waals surface area (Å²) < 4.78 is 14.2. The highest BCUT2D eigenvalue weighted by Crippen LogP contribution is 2.48. The van der Waals surface area contributed by atoms with Gasteiger partial charge in [-0.1, -0.05) is 42.5 Å². The van der Waals surface area contributed by atoms with E-state index in [2.05, 4.69) is 27.8 Å². The number of hydrogen-bond donors (Lipinski definition) is 2. The quantitative estimate of drug-likeness (QED) is 0.361. The zero-order valence-electron chi connectivity index (χ0n) is 17.2. The van der Waals surface area contributed by atoms with Crippen LogP contribution in [-0.4, -0.2) is 43.4 Å². The first-order chi connectivity index (χ1) is 14.1. The van der Waals surface area contributed by atoms with Crippen LogP contribution in [0, 0.1) is 5.82 Å². The molecule has 0 unspecified atom stereocenters. The molecule has 30 heavy (non-hydrogen) atoms. The Balaban J connectivity index is 0.00000256. The fourth-order valence-electron chi connectivity index (χ4n) is 4.04. The Morgan fingerprint density at radius 1 is 1.10 bits per heavy atom. The minimum atomic E-state index is -0.177. The topological polar surface area (TPSA) is 56.7 Å². The molecule has 1 heterocycles. The number of amides is 1. The van der Waals surface area contributed by atoms with E-state index in [0.717, 1.165) is 31.4 Å². The molecular formula is C23H28FIN4O. The first kappa shape index (κ1) is 22.5. The monoisotopic (exact) mass is 522 g/mol. The van der Waals surface area contributed by atoms with Crippen molar-refractivity contribution in [2.45, 2.75) is 31.2 Å². The normalized spacial score (nSPS) is 16.9. The molecule has 2 aliphatic rings. The van der Waals surface area contributed by atoms with Gasteiger partial charge in [-0.05, 0) is 42.0 Å². The SMILES string of the molecule is CN=C(NCC(=O)N1CCc2ccccc2C1)NCC1(c2ccccc2F)CC1.I. The number of rotatable bonds is 5. The third-order valence-corrected chi connectivity index (χ3v) is 6.01. The predicted octanol–water partition coefficient (Wildman–Crippen LogP) is 3.23. The molecule has 2 aromatic carbocycles. The van der Waals surface area contributed by atoms with E-state index >= 15 is 0 Å². The van der Waals surface area contributed by atoms with Crippen molar-refractivity contribution in [3.8, 4) is 0 Å². The zero-order valence-corrected chi connectivity index (χ0v) is 19.5. The lowest BCUT2D eigenvalue weighted by molar-refractivity contribution is -0.130. The average molecular weight is 522 g/mol. The molecule has 1 fully saturated rings. The predicted molar refractivity (Wildman–Crippen MR) is 128 cm³/mol. The zero-order chi connectivity index (χ0) is 20.3. The summed E-state index contributed by atoms with van der Waals surface area (Å²) in [4.78, 5) is 18.7. The van der Waals surface area contributed by atoms with Crippen LogP contribution >= 0.6 is 24.0 Å². The molecule has 160 valence electrons. The van der Waals surface area contributed by atoms with Crippen molar-refractivity contribution in [3.05, 3.63) is 71.0 Å². The standard InChI is InChI=1S/C23H27FN4O.HI/c1-25-22(27-16-23(11-12-23)19-8-4-5-9-20(19)24)26-14-21(29)28-13-10-17-6-2-3-7-18(17)15-28;/h2-9H,10-16H2,1H3,(H2,25,26,27);1H. The molecule has 0 saturated heterocycles. The maximum absolute atomic E-state index is 14.2. The van der Waals surface area contributed by atoms with E-state index in [1.54, 1.807) is 13.1 Å². The summed E-state index contributed by atoms with van der Waals surface area (Å²) in [7, 11) is 1.68. The van der Waals surface area contributed by atoms with Crippen LogP contribution in [0.25, 0.3) is 0 Å². The van der Waals surface area contributed by atoms with E-state index in [1.807, 2.05) is 29.2 Å². The number of carbonyl (C=O) groups is 1. The smallest absolute Gasteiger partial charge is 0.242 e. The van der Waals surface area contributed by atoms with Gasteiger partial charge in [0, 0.05) is 32.1 Å². The first-order valence-corrected chi connectivity index (χ1v) is 10.2. The van der Waals surface area contributed by atoms with Gasteiger partial charge in [0.05, 0.1) is 6.54 Å². The van der Waals surface area contributed by atoms with Crippen LogP contribution in [0.15, 0.2) is 53.5 Å². The molecule has 1 saturated carbocycles. The van der Waals surface area contributed by atoms with Crippen LogP contribution in [0.5, 0.6) is 0 Å². The number of benzene rings is 2. The summed E-state index contributed by atoms with van der Waals surface area (Å²) in [6.45, 7) is 2.17. The lowest BCUT2D eigenvalue weighted by Crippen LogP contribution is -2.47. The Labute approximate surface area is 194 Å². The second kappa shape index (κ2) is 9.76. The number of fused-ring (bicyclic) bond motifs is 1. The second-order valence-corrected chi connectivity index (χ2v) is 7.87. The molecule has 0 bridgehead atoms. The van der Waals surface area contributed by atoms with Gasteiger partial charge in [0.25, 0.3) is 0 Å². The number of halogens is 2. The average Bonchev–Trinajstić information content (AvgIpc) is 3.54. The molecule has 1 aliphatic heterocycles. The fourth-order valence-corrected chi connectivity index (χ4v) is 4.04. The van der Waals surface area contributed by atoms with Crippen LogP contribution in [0.3, 0.4) is 0 Å². The van der Waals surface area contributed by atoms with Gasteiger partial charge < -0.3 is 15.5 Å². The van der Waals surface area contributed by atoms with Crippen molar-refractivity contribution >= 4 is 35.8 Å². The summed E-state index contributed by atoms with van der Waals surface area (Å²) in [5.74, 6) is 0.464. The van der Waals surface area contributed by atoms with Crippen LogP contribution in [0.4, 0.5) is 4.39 Å². The summed E-state index contributed by atoms with van der Waals surface area (Å²) >= 11 is 0. The first-order valence-electron chi connectivity index (χ1n) is 10.2. The molecule has 2 aromatic rings. The van der Waals surface area contributed by atoms with Crippen molar-refractivity contribution in [1.82, 2.24) is 15.5 Å². The Kier molecular flexibility index (Phi) is 7.33. The molecular weight excluding hydrogens is 494 g/mol. The van der Waals surface area contributed by atoms with Gasteiger partial charge in [-0.25, -0.2) is 4.39 Å². The van der Waals surface area contributed by atoms with E-state index < -0.39 is 0 Å². The molecule has 0 aromatic heterocycles. The Bertz CT molecular complexity index is 929. The molecule has 0 atom stereocenters. The third kappa shape index (κ3) is 4.94. The van der Waals surface area contributed by atoms with E-state index in [9.17, 15) is 9.18 Å². The highest BCUT2D eigenvalue weighted by Gasteiger charge is 2.45. The molecule has 1 aliphatic carbocycles. The highest BCUT2D eigenvalue weighted by molar-refractivity contribution is 14.0. The lowest BCUT2D eigenvalue weighted by Gasteiger charge is -2.29. The fraction of sp³-hybridized carbons (Fsp3) is 0.391. The molecule has 0 radical (unpaired) electrons. The van der Waals surface area contributed by atoms with Crippen molar-refractivity contribution < 1.29 is 9.18 Å². The van der Waals surface area contributed by atoms with Crippen molar-refractivity contribution in [3.63, 3.8) is 0 Å². The maximum Gasteiger partial charge on any atom is 0.242 e. The number of guanidine groups is 1. The highest BCUT2D eigenvalue weighted by atomic mass is 127. The summed E-state index contributed by atoms with van der Waals surface area (Å²) in [6.07, 6.45) is 2.79. The van der Waals surface area contributed by atoms with Crippen LogP contribution < -0.4 is 10.6 Å². The van der Waals surface area contributed by atoms with E-state index in [1.165, 1.54) is 17.2 Å². The lowest BCUT2D eigenvalue weighted by atomic mass is 9.95. The third-order valence-electron chi connectivity index (χ3n) is 6.01. The van der Waals surface area contributed by atoms with Crippen molar-refractivity contribution in [2.24, 2.45) is 4.99 Å². The van der Waals surface area contributed by atoms with E-state index in [4.69, 9.17) is 0 Å². The Hall–Kier alpha value is -2.16. The van der Waals surface area contributed by atoms with Gasteiger partial charge in [0.1, 0.15) is 5.82 Å². The van der Waals surface area contributed by atoms with Crippen LogP contribution in [0.2, 0.25) is 0 Å². The van der Waals surface area contributed by atoms with E-state index in [-0.39, 0.29) is 47.7 Å². The second-order valence-electron chi connectivity index (χ2n) is 7.87. The summed E-state index contributed by atoms with van der Waals surface area (Å²) in [6, 6.07) is 15.2. The Morgan fingerprint density at radius 2 is 1.80 bits per heavy atom. The van der Waals surface area contributed by atoms with Gasteiger partial charge in [-0.2, -0.15) is 0 Å². The van der Waals surface area contributed by atoms with Crippen LogP contribution in [-0.2, 0) is 23.2 Å². The molecule has 7 heteroatoms. The van der Waals surface area contributed by atoms with E-state index in [0.29, 0.717) is 19.0 Å². The van der Waals surface area contributed by atoms with Gasteiger partial charge in [-0.3, -0.25) is 9.79 Å². The largest absolute Gasteiger partial charge is 0.356 e. The molecule has 2 N–H and O–H groups in total. The summed E-state index contributed by atoms with van der Waals surface area (Å²) in [5, 5.41) is 6.38. The number of nitrogens with one attached hydrogen (secondary N) is 2.